The van der Waals surface area contributed by atoms with Crippen LogP contribution >= 0.6 is 0 Å². The Morgan fingerprint density at radius 1 is 1.28 bits per heavy atom. The second kappa shape index (κ2) is 8.18. The molecule has 29 heavy (non-hydrogen) atoms. The molecule has 1 fully saturated rings. The van der Waals surface area contributed by atoms with Crippen molar-refractivity contribution < 1.29 is 9.53 Å². The summed E-state index contributed by atoms with van der Waals surface area (Å²) in [5, 5.41) is 8.58. The highest BCUT2D eigenvalue weighted by Gasteiger charge is 2.37. The van der Waals surface area contributed by atoms with Crippen molar-refractivity contribution in [1.82, 2.24) is 29.4 Å². The first kappa shape index (κ1) is 19.4. The van der Waals surface area contributed by atoms with Crippen LogP contribution in [0.4, 0.5) is 0 Å². The van der Waals surface area contributed by atoms with Crippen molar-refractivity contribution in [2.75, 3.05) is 33.8 Å². The number of aromatic nitrogens is 4. The molecule has 3 heterocycles. The zero-order chi connectivity index (χ0) is 20.4. The van der Waals surface area contributed by atoms with E-state index in [1.807, 2.05) is 75.0 Å². The minimum absolute atomic E-state index is 0.0140. The number of amides is 1. The van der Waals surface area contributed by atoms with Crippen molar-refractivity contribution in [3.05, 3.63) is 66.2 Å². The van der Waals surface area contributed by atoms with E-state index in [2.05, 4.69) is 15.1 Å². The minimum atomic E-state index is -0.194. The average molecular weight is 394 g/mol. The minimum Gasteiger partial charge on any atom is -0.373 e. The van der Waals surface area contributed by atoms with E-state index >= 15 is 0 Å². The molecule has 1 amide bonds. The molecule has 8 nitrogen and oxygen atoms in total. The van der Waals surface area contributed by atoms with Crippen molar-refractivity contribution in [3.8, 4) is 5.69 Å². The Kier molecular flexibility index (Phi) is 5.46. The summed E-state index contributed by atoms with van der Waals surface area (Å²) in [6.07, 6.45) is 7.25. The molecule has 1 saturated heterocycles. The number of hydrogen-bond donors (Lipinski definition) is 0. The molecule has 1 aliphatic heterocycles. The van der Waals surface area contributed by atoms with Gasteiger partial charge in [-0.1, -0.05) is 6.07 Å². The first-order valence-corrected chi connectivity index (χ1v) is 9.69. The molecule has 0 spiro atoms. The van der Waals surface area contributed by atoms with Gasteiger partial charge < -0.3 is 14.5 Å². The maximum absolute atomic E-state index is 13.5. The number of morpholine rings is 1. The lowest BCUT2D eigenvalue weighted by molar-refractivity contribution is -0.0684. The summed E-state index contributed by atoms with van der Waals surface area (Å²) in [5.74, 6) is -0.0140. The van der Waals surface area contributed by atoms with Gasteiger partial charge in [0.25, 0.3) is 5.91 Å². The molecule has 8 heteroatoms. The van der Waals surface area contributed by atoms with E-state index in [0.29, 0.717) is 18.7 Å². The standard InChI is InChI=1S/C21H26N6O2/c1-24(2)15-19-20(17-13-23-25(3)14-17)26(10-11-29-19)21(28)16-6-4-7-18(12-16)27-9-5-8-22-27/h4-9,12-14,19-20H,10-11,15H2,1-3H3/t19-,20-/m0/s1. The normalized spacial score (nSPS) is 19.7. The maximum Gasteiger partial charge on any atom is 0.254 e. The van der Waals surface area contributed by atoms with Gasteiger partial charge in [0.05, 0.1) is 30.6 Å². The monoisotopic (exact) mass is 394 g/mol. The highest BCUT2D eigenvalue weighted by atomic mass is 16.5. The molecule has 4 rings (SSSR count). The maximum atomic E-state index is 13.5. The van der Waals surface area contributed by atoms with Crippen molar-refractivity contribution in [2.24, 2.45) is 7.05 Å². The Hall–Kier alpha value is -2.97. The Bertz CT molecular complexity index is 965. The third-order valence-corrected chi connectivity index (χ3v) is 5.09. The Labute approximate surface area is 170 Å². The smallest absolute Gasteiger partial charge is 0.254 e. The Morgan fingerprint density at radius 3 is 2.83 bits per heavy atom. The van der Waals surface area contributed by atoms with Crippen LogP contribution in [-0.2, 0) is 11.8 Å². The van der Waals surface area contributed by atoms with Crippen LogP contribution in [0.3, 0.4) is 0 Å². The number of carbonyl (C=O) groups is 1. The van der Waals surface area contributed by atoms with Gasteiger partial charge in [-0.05, 0) is 38.4 Å². The number of ether oxygens (including phenoxy) is 1. The Morgan fingerprint density at radius 2 is 2.14 bits per heavy atom. The van der Waals surface area contributed by atoms with Crippen LogP contribution in [0, 0.1) is 0 Å². The van der Waals surface area contributed by atoms with Crippen molar-refractivity contribution in [2.45, 2.75) is 12.1 Å². The van der Waals surface area contributed by atoms with Crippen LogP contribution in [0.2, 0.25) is 0 Å². The molecule has 1 aromatic carbocycles. The SMILES string of the molecule is CN(C)C[C@@H]1OCCN(C(=O)c2cccc(-n3cccn3)c2)[C@H]1c1cnn(C)c1. The summed E-state index contributed by atoms with van der Waals surface area (Å²) in [6.45, 7) is 1.77. The van der Waals surface area contributed by atoms with E-state index in [1.54, 1.807) is 15.6 Å². The lowest BCUT2D eigenvalue weighted by Crippen LogP contribution is -2.51. The van der Waals surface area contributed by atoms with Gasteiger partial charge in [0, 0.05) is 49.9 Å². The van der Waals surface area contributed by atoms with Crippen molar-refractivity contribution >= 4 is 5.91 Å². The number of benzene rings is 1. The molecule has 0 N–H and O–H groups in total. The fraction of sp³-hybridized carbons (Fsp3) is 0.381. The van der Waals surface area contributed by atoms with Gasteiger partial charge in [0.1, 0.15) is 0 Å². The predicted molar refractivity (Wildman–Crippen MR) is 109 cm³/mol. The molecule has 0 bridgehead atoms. The lowest BCUT2D eigenvalue weighted by atomic mass is 9.99. The van der Waals surface area contributed by atoms with Crippen LogP contribution in [0.25, 0.3) is 5.69 Å². The molecular formula is C21H26N6O2. The molecule has 152 valence electrons. The second-order valence-corrected chi connectivity index (χ2v) is 7.56. The van der Waals surface area contributed by atoms with Crippen LogP contribution in [0.1, 0.15) is 22.0 Å². The summed E-state index contributed by atoms with van der Waals surface area (Å²) < 4.78 is 9.59. The van der Waals surface area contributed by atoms with Crippen molar-refractivity contribution in [1.29, 1.82) is 0 Å². The van der Waals surface area contributed by atoms with Gasteiger partial charge in [-0.3, -0.25) is 9.48 Å². The van der Waals surface area contributed by atoms with E-state index < -0.39 is 0 Å². The zero-order valence-electron chi connectivity index (χ0n) is 17.0. The predicted octanol–water partition coefficient (Wildman–Crippen LogP) is 1.75. The van der Waals surface area contributed by atoms with Crippen LogP contribution in [0.5, 0.6) is 0 Å². The molecule has 0 unspecified atom stereocenters. The van der Waals surface area contributed by atoms with Crippen LogP contribution < -0.4 is 0 Å². The number of nitrogens with zero attached hydrogens (tertiary/aromatic N) is 6. The number of rotatable bonds is 5. The van der Waals surface area contributed by atoms with Gasteiger partial charge >= 0.3 is 0 Å². The quantitative estimate of drug-likeness (QED) is 0.660. The zero-order valence-corrected chi connectivity index (χ0v) is 17.0. The number of likely N-dealkylation sites (N-methyl/N-ethyl adjacent to an activating group) is 1. The summed E-state index contributed by atoms with van der Waals surface area (Å²) >= 11 is 0. The van der Waals surface area contributed by atoms with Crippen LogP contribution in [-0.4, -0.2) is 75.2 Å². The summed E-state index contributed by atoms with van der Waals surface area (Å²) in [6, 6.07) is 9.23. The lowest BCUT2D eigenvalue weighted by Gasteiger charge is -2.41. The topological polar surface area (TPSA) is 68.4 Å². The molecule has 1 aliphatic rings. The van der Waals surface area contributed by atoms with Crippen molar-refractivity contribution in [3.63, 3.8) is 0 Å². The molecule has 2 aromatic heterocycles. The van der Waals surface area contributed by atoms with E-state index in [0.717, 1.165) is 17.8 Å². The first-order chi connectivity index (χ1) is 14.0. The third-order valence-electron chi connectivity index (χ3n) is 5.09. The second-order valence-electron chi connectivity index (χ2n) is 7.56. The third kappa shape index (κ3) is 4.08. The molecule has 0 aliphatic carbocycles. The molecular weight excluding hydrogens is 368 g/mol. The van der Waals surface area contributed by atoms with Gasteiger partial charge in [-0.15, -0.1) is 0 Å². The molecule has 3 aromatic rings. The largest absolute Gasteiger partial charge is 0.373 e. The van der Waals surface area contributed by atoms with E-state index in [9.17, 15) is 4.79 Å². The fourth-order valence-electron chi connectivity index (χ4n) is 3.83. The number of hydrogen-bond acceptors (Lipinski definition) is 5. The summed E-state index contributed by atoms with van der Waals surface area (Å²) in [7, 11) is 5.91. The van der Waals surface area contributed by atoms with Gasteiger partial charge in [0.15, 0.2) is 0 Å². The average Bonchev–Trinajstić information content (AvgIpc) is 3.39. The summed E-state index contributed by atoms with van der Waals surface area (Å²) in [4.78, 5) is 17.5. The molecule has 0 saturated carbocycles. The van der Waals surface area contributed by atoms with Crippen LogP contribution in [0.15, 0.2) is 55.1 Å². The summed E-state index contributed by atoms with van der Waals surface area (Å²) in [5.41, 5.74) is 2.48. The first-order valence-electron chi connectivity index (χ1n) is 9.69. The highest BCUT2D eigenvalue weighted by Crippen LogP contribution is 2.31. The van der Waals surface area contributed by atoms with E-state index in [1.165, 1.54) is 0 Å². The highest BCUT2D eigenvalue weighted by molar-refractivity contribution is 5.95. The van der Waals surface area contributed by atoms with E-state index in [4.69, 9.17) is 4.74 Å². The van der Waals surface area contributed by atoms with Gasteiger partial charge in [-0.2, -0.15) is 10.2 Å². The Balaban J connectivity index is 1.67. The number of carbonyl (C=O) groups excluding carboxylic acids is 1. The van der Waals surface area contributed by atoms with E-state index in [-0.39, 0.29) is 18.1 Å². The number of aryl methyl sites for hydroxylation is 1. The molecule has 0 radical (unpaired) electrons. The van der Waals surface area contributed by atoms with Gasteiger partial charge in [0.2, 0.25) is 0 Å². The molecule has 2 atom stereocenters. The fourth-order valence-corrected chi connectivity index (χ4v) is 3.83. The van der Waals surface area contributed by atoms with Gasteiger partial charge in [-0.25, -0.2) is 4.68 Å².